The van der Waals surface area contributed by atoms with Crippen LogP contribution >= 0.6 is 0 Å². The average molecular weight is 247 g/mol. The molecule has 0 spiro atoms. The predicted molar refractivity (Wildman–Crippen MR) is 76.3 cm³/mol. The predicted octanol–water partition coefficient (Wildman–Crippen LogP) is 2.29. The zero-order valence-electron chi connectivity index (χ0n) is 11.6. The molecular formula is C15H25N3. The van der Waals surface area contributed by atoms with Gasteiger partial charge < -0.3 is 5.73 Å². The highest BCUT2D eigenvalue weighted by molar-refractivity contribution is 5.31. The number of hydrazine groups is 1. The highest BCUT2D eigenvalue weighted by Gasteiger charge is 2.16. The number of hydrogen-bond donors (Lipinski definition) is 2. The molecule has 0 saturated carbocycles. The Hall–Kier alpha value is -0.900. The molecule has 1 saturated heterocycles. The maximum Gasteiger partial charge on any atom is 0.0587 e. The summed E-state index contributed by atoms with van der Waals surface area (Å²) in [6, 6.07) is 6.87. The summed E-state index contributed by atoms with van der Waals surface area (Å²) in [5.41, 5.74) is 13.5. The van der Waals surface area contributed by atoms with E-state index in [2.05, 4.69) is 42.5 Å². The third-order valence-corrected chi connectivity index (χ3v) is 3.86. The second kappa shape index (κ2) is 6.32. The Morgan fingerprint density at radius 3 is 2.50 bits per heavy atom. The number of nitrogens with zero attached hydrogens (tertiary/aromatic N) is 1. The van der Waals surface area contributed by atoms with E-state index >= 15 is 0 Å². The van der Waals surface area contributed by atoms with Crippen LogP contribution in [0.4, 0.5) is 0 Å². The molecule has 1 heterocycles. The van der Waals surface area contributed by atoms with Gasteiger partial charge in [-0.1, -0.05) is 24.6 Å². The van der Waals surface area contributed by atoms with Gasteiger partial charge in [-0.3, -0.25) is 0 Å². The van der Waals surface area contributed by atoms with Crippen LogP contribution in [0.1, 0.15) is 42.0 Å². The summed E-state index contributed by atoms with van der Waals surface area (Å²) >= 11 is 0. The maximum absolute atomic E-state index is 5.92. The van der Waals surface area contributed by atoms with Crippen LogP contribution in [0, 0.1) is 13.8 Å². The summed E-state index contributed by atoms with van der Waals surface area (Å²) in [5.74, 6) is 0. The lowest BCUT2D eigenvalue weighted by atomic mass is 10.0. The number of hydrogen-bond acceptors (Lipinski definition) is 3. The summed E-state index contributed by atoms with van der Waals surface area (Å²) in [7, 11) is 0. The van der Waals surface area contributed by atoms with Crippen molar-refractivity contribution in [2.45, 2.75) is 39.2 Å². The van der Waals surface area contributed by atoms with Crippen molar-refractivity contribution in [2.75, 3.05) is 19.6 Å². The van der Waals surface area contributed by atoms with E-state index in [1.165, 1.54) is 36.0 Å². The Balaban J connectivity index is 2.04. The normalized spacial score (nSPS) is 18.8. The van der Waals surface area contributed by atoms with Gasteiger partial charge in [0, 0.05) is 19.6 Å². The van der Waals surface area contributed by atoms with Crippen LogP contribution in [0.15, 0.2) is 18.2 Å². The molecule has 3 nitrogen and oxygen atoms in total. The molecule has 100 valence electrons. The van der Waals surface area contributed by atoms with Gasteiger partial charge in [0.25, 0.3) is 0 Å². The molecular weight excluding hydrogens is 222 g/mol. The second-order valence-electron chi connectivity index (χ2n) is 5.31. The monoisotopic (exact) mass is 247 g/mol. The van der Waals surface area contributed by atoms with Crippen LogP contribution in [0.2, 0.25) is 0 Å². The number of aryl methyl sites for hydroxylation is 2. The Morgan fingerprint density at radius 1 is 1.17 bits per heavy atom. The van der Waals surface area contributed by atoms with Crippen molar-refractivity contribution in [3.63, 3.8) is 0 Å². The molecule has 1 aromatic carbocycles. The Morgan fingerprint density at radius 2 is 1.89 bits per heavy atom. The topological polar surface area (TPSA) is 41.3 Å². The molecule has 1 atom stereocenters. The summed E-state index contributed by atoms with van der Waals surface area (Å²) < 4.78 is 0. The van der Waals surface area contributed by atoms with Crippen molar-refractivity contribution in [3.8, 4) is 0 Å². The largest absolute Gasteiger partial charge is 0.329 e. The molecule has 0 bridgehead atoms. The van der Waals surface area contributed by atoms with Crippen molar-refractivity contribution in [3.05, 3.63) is 34.9 Å². The fourth-order valence-corrected chi connectivity index (χ4v) is 2.49. The van der Waals surface area contributed by atoms with Gasteiger partial charge in [-0.05, 0) is 43.4 Å². The van der Waals surface area contributed by atoms with Crippen LogP contribution < -0.4 is 11.2 Å². The van der Waals surface area contributed by atoms with Gasteiger partial charge in [-0.25, -0.2) is 10.4 Å². The Bertz CT molecular complexity index is 383. The fourth-order valence-electron chi connectivity index (χ4n) is 2.49. The van der Waals surface area contributed by atoms with Crippen molar-refractivity contribution in [1.82, 2.24) is 10.4 Å². The van der Waals surface area contributed by atoms with E-state index in [0.717, 1.165) is 13.1 Å². The van der Waals surface area contributed by atoms with Gasteiger partial charge in [0.05, 0.1) is 6.04 Å². The minimum Gasteiger partial charge on any atom is -0.329 e. The molecule has 0 radical (unpaired) electrons. The zero-order chi connectivity index (χ0) is 13.0. The summed E-state index contributed by atoms with van der Waals surface area (Å²) in [6.45, 7) is 7.23. The molecule has 0 aliphatic carbocycles. The number of nitrogens with two attached hydrogens (primary N) is 1. The van der Waals surface area contributed by atoms with Crippen LogP contribution in [0.5, 0.6) is 0 Å². The van der Waals surface area contributed by atoms with E-state index in [0.29, 0.717) is 6.54 Å². The lowest BCUT2D eigenvalue weighted by molar-refractivity contribution is 0.130. The second-order valence-corrected chi connectivity index (χ2v) is 5.31. The molecule has 3 N–H and O–H groups in total. The first-order valence-electron chi connectivity index (χ1n) is 6.99. The molecule has 0 amide bonds. The van der Waals surface area contributed by atoms with E-state index in [1.807, 2.05) is 0 Å². The molecule has 1 aromatic rings. The van der Waals surface area contributed by atoms with E-state index in [-0.39, 0.29) is 6.04 Å². The first kappa shape index (κ1) is 13.5. The van der Waals surface area contributed by atoms with Crippen molar-refractivity contribution in [2.24, 2.45) is 5.73 Å². The zero-order valence-corrected chi connectivity index (χ0v) is 11.6. The summed E-state index contributed by atoms with van der Waals surface area (Å²) in [4.78, 5) is 0. The third-order valence-electron chi connectivity index (χ3n) is 3.86. The summed E-state index contributed by atoms with van der Waals surface area (Å²) in [5, 5.41) is 2.33. The molecule has 1 aliphatic heterocycles. The standard InChI is InChI=1S/C15H25N3/c1-12-6-7-14(10-13(12)2)15(11-16)17-18-8-4-3-5-9-18/h6-7,10,15,17H,3-5,8-9,11,16H2,1-2H3. The Labute approximate surface area is 110 Å². The number of rotatable bonds is 4. The van der Waals surface area contributed by atoms with Crippen molar-refractivity contribution >= 4 is 0 Å². The van der Waals surface area contributed by atoms with E-state index < -0.39 is 0 Å². The lowest BCUT2D eigenvalue weighted by Gasteiger charge is -2.31. The minimum atomic E-state index is 0.238. The summed E-state index contributed by atoms with van der Waals surface area (Å²) in [6.07, 6.45) is 3.93. The highest BCUT2D eigenvalue weighted by Crippen LogP contribution is 2.18. The molecule has 18 heavy (non-hydrogen) atoms. The van der Waals surface area contributed by atoms with Crippen molar-refractivity contribution < 1.29 is 0 Å². The van der Waals surface area contributed by atoms with E-state index in [4.69, 9.17) is 5.73 Å². The SMILES string of the molecule is Cc1ccc(C(CN)NN2CCCCC2)cc1C. The number of piperidine rings is 1. The molecule has 1 aliphatic rings. The van der Waals surface area contributed by atoms with Crippen LogP contribution in [-0.2, 0) is 0 Å². The highest BCUT2D eigenvalue weighted by atomic mass is 15.5. The van der Waals surface area contributed by atoms with E-state index in [1.54, 1.807) is 0 Å². The van der Waals surface area contributed by atoms with Gasteiger partial charge in [0.15, 0.2) is 0 Å². The van der Waals surface area contributed by atoms with Gasteiger partial charge in [-0.15, -0.1) is 0 Å². The van der Waals surface area contributed by atoms with Crippen LogP contribution in [-0.4, -0.2) is 24.6 Å². The quantitative estimate of drug-likeness (QED) is 0.858. The first-order valence-corrected chi connectivity index (χ1v) is 6.99. The molecule has 2 rings (SSSR count). The lowest BCUT2D eigenvalue weighted by Crippen LogP contribution is -2.45. The van der Waals surface area contributed by atoms with Gasteiger partial charge in [0.1, 0.15) is 0 Å². The fraction of sp³-hybridized carbons (Fsp3) is 0.600. The van der Waals surface area contributed by atoms with Crippen LogP contribution in [0.25, 0.3) is 0 Å². The maximum atomic E-state index is 5.92. The number of nitrogens with one attached hydrogen (secondary N) is 1. The smallest absolute Gasteiger partial charge is 0.0587 e. The molecule has 3 heteroatoms. The first-order chi connectivity index (χ1) is 8.70. The third kappa shape index (κ3) is 3.31. The number of benzene rings is 1. The average Bonchev–Trinajstić information content (AvgIpc) is 2.40. The minimum absolute atomic E-state index is 0.238. The van der Waals surface area contributed by atoms with Gasteiger partial charge >= 0.3 is 0 Å². The Kier molecular flexibility index (Phi) is 4.75. The molecule has 0 aromatic heterocycles. The van der Waals surface area contributed by atoms with E-state index in [9.17, 15) is 0 Å². The van der Waals surface area contributed by atoms with Gasteiger partial charge in [0.2, 0.25) is 0 Å². The molecule has 1 fully saturated rings. The molecule has 1 unspecified atom stereocenters. The van der Waals surface area contributed by atoms with Gasteiger partial charge in [-0.2, -0.15) is 0 Å². The van der Waals surface area contributed by atoms with Crippen molar-refractivity contribution in [1.29, 1.82) is 0 Å². The van der Waals surface area contributed by atoms with Crippen LogP contribution in [0.3, 0.4) is 0 Å².